The SMILES string of the molecule is COc1cc(F)c(S(C)(=O)=O)cc1NCC#Cc1cc(C(=O)NC2CCN(C)C(C)C2)c2ncn(CC(F)(F)F)c2c1. The van der Waals surface area contributed by atoms with Gasteiger partial charge < -0.3 is 24.8 Å². The van der Waals surface area contributed by atoms with Crippen molar-refractivity contribution in [1.82, 2.24) is 19.8 Å². The van der Waals surface area contributed by atoms with E-state index in [4.69, 9.17) is 4.74 Å². The van der Waals surface area contributed by atoms with E-state index in [9.17, 15) is 30.8 Å². The molecule has 3 aromatic rings. The van der Waals surface area contributed by atoms with Crippen LogP contribution in [-0.2, 0) is 16.4 Å². The van der Waals surface area contributed by atoms with Gasteiger partial charge in [-0.3, -0.25) is 4.79 Å². The fraction of sp³-hybridized carbons (Fsp3) is 0.429. The van der Waals surface area contributed by atoms with E-state index in [0.717, 1.165) is 48.7 Å². The van der Waals surface area contributed by atoms with Crippen LogP contribution in [0.15, 0.2) is 35.5 Å². The molecule has 0 saturated carbocycles. The molecule has 0 aliphatic carbocycles. The predicted molar refractivity (Wildman–Crippen MR) is 150 cm³/mol. The molecule has 9 nitrogen and oxygen atoms in total. The van der Waals surface area contributed by atoms with Crippen molar-refractivity contribution < 1.29 is 35.5 Å². The van der Waals surface area contributed by atoms with Gasteiger partial charge in [-0.2, -0.15) is 13.2 Å². The minimum Gasteiger partial charge on any atom is -0.494 e. The van der Waals surface area contributed by atoms with Crippen molar-refractivity contribution in [2.75, 3.05) is 38.8 Å². The highest BCUT2D eigenvalue weighted by Gasteiger charge is 2.30. The second-order valence-electron chi connectivity index (χ2n) is 10.3. The molecule has 42 heavy (non-hydrogen) atoms. The maximum absolute atomic E-state index is 14.2. The zero-order valence-corrected chi connectivity index (χ0v) is 24.3. The zero-order chi connectivity index (χ0) is 30.8. The molecule has 2 N–H and O–H groups in total. The number of imidazole rings is 1. The Hall–Kier alpha value is -3.83. The van der Waals surface area contributed by atoms with Gasteiger partial charge in [0.1, 0.15) is 28.5 Å². The highest BCUT2D eigenvalue weighted by molar-refractivity contribution is 7.90. The fourth-order valence-electron chi connectivity index (χ4n) is 4.82. The topological polar surface area (TPSA) is 106 Å². The van der Waals surface area contributed by atoms with E-state index in [1.54, 1.807) is 0 Å². The Morgan fingerprint density at radius 1 is 1.24 bits per heavy atom. The Bertz CT molecular complexity index is 1660. The number of aromatic nitrogens is 2. The van der Waals surface area contributed by atoms with E-state index in [0.29, 0.717) is 0 Å². The zero-order valence-electron chi connectivity index (χ0n) is 23.5. The number of rotatable bonds is 7. The fourth-order valence-corrected chi connectivity index (χ4v) is 5.57. The molecule has 226 valence electrons. The number of piperidine rings is 1. The van der Waals surface area contributed by atoms with Crippen molar-refractivity contribution in [2.24, 2.45) is 0 Å². The van der Waals surface area contributed by atoms with Gasteiger partial charge in [-0.25, -0.2) is 17.8 Å². The van der Waals surface area contributed by atoms with Gasteiger partial charge in [0.05, 0.1) is 36.7 Å². The molecule has 2 aromatic carbocycles. The first-order valence-corrected chi connectivity index (χ1v) is 14.9. The number of benzene rings is 2. The van der Waals surface area contributed by atoms with Gasteiger partial charge in [0, 0.05) is 36.5 Å². The summed E-state index contributed by atoms with van der Waals surface area (Å²) in [6, 6.07) is 5.10. The largest absolute Gasteiger partial charge is 0.494 e. The van der Waals surface area contributed by atoms with E-state index in [-0.39, 0.29) is 52.2 Å². The Kier molecular flexibility index (Phi) is 9.03. The number of sulfone groups is 1. The number of carbonyl (C=O) groups is 1. The summed E-state index contributed by atoms with van der Waals surface area (Å²) in [7, 11) is -0.549. The number of alkyl halides is 3. The van der Waals surface area contributed by atoms with Gasteiger partial charge in [0.25, 0.3) is 5.91 Å². The van der Waals surface area contributed by atoms with Crippen LogP contribution in [0.25, 0.3) is 11.0 Å². The first-order valence-electron chi connectivity index (χ1n) is 13.0. The number of nitrogens with one attached hydrogen (secondary N) is 2. The first kappa shape index (κ1) is 31.1. The average molecular weight is 610 g/mol. The molecule has 1 fully saturated rings. The van der Waals surface area contributed by atoms with E-state index in [1.165, 1.54) is 19.2 Å². The Balaban J connectivity index is 1.63. The quantitative estimate of drug-likeness (QED) is 0.310. The number of hydrogen-bond donors (Lipinski definition) is 2. The van der Waals surface area contributed by atoms with E-state index >= 15 is 0 Å². The molecule has 0 spiro atoms. The van der Waals surface area contributed by atoms with Crippen LogP contribution < -0.4 is 15.4 Å². The van der Waals surface area contributed by atoms with Gasteiger partial charge in [-0.05, 0) is 45.0 Å². The normalized spacial score (nSPS) is 17.9. The van der Waals surface area contributed by atoms with Crippen molar-refractivity contribution in [3.8, 4) is 17.6 Å². The van der Waals surface area contributed by atoms with E-state index in [2.05, 4.69) is 39.3 Å². The Morgan fingerprint density at radius 3 is 2.62 bits per heavy atom. The molecular formula is C28H31F4N5O4S. The summed E-state index contributed by atoms with van der Waals surface area (Å²) in [4.78, 5) is 19.1. The van der Waals surface area contributed by atoms with Gasteiger partial charge in [-0.1, -0.05) is 11.8 Å². The summed E-state index contributed by atoms with van der Waals surface area (Å²) < 4.78 is 83.8. The standard InChI is InChI=1S/C28H31F4N5O4S/c1-17-10-19(7-9-36(17)2)35-27(38)20-11-18(12-23-26(20)34-16-37(23)15-28(30,31)32)6-5-8-33-22-14-25(42(4,39)40)21(29)13-24(22)41-3/h11-14,16-17,19,33H,7-10,15H2,1-4H3,(H,35,38). The minimum absolute atomic E-state index is 0.0555. The lowest BCUT2D eigenvalue weighted by Crippen LogP contribution is -2.47. The van der Waals surface area contributed by atoms with E-state index < -0.39 is 39.2 Å². The first-order chi connectivity index (χ1) is 19.7. The molecule has 4 rings (SSSR count). The van der Waals surface area contributed by atoms with E-state index in [1.807, 2.05) is 7.05 Å². The molecule has 0 radical (unpaired) electrons. The van der Waals surface area contributed by atoms with Crippen molar-refractivity contribution in [2.45, 2.75) is 49.5 Å². The number of nitrogens with zero attached hydrogens (tertiary/aromatic N) is 3. The van der Waals surface area contributed by atoms with Gasteiger partial charge >= 0.3 is 6.18 Å². The number of carbonyl (C=O) groups excluding carboxylic acids is 1. The smallest absolute Gasteiger partial charge is 0.406 e. The summed E-state index contributed by atoms with van der Waals surface area (Å²) in [5.74, 6) is 4.29. The summed E-state index contributed by atoms with van der Waals surface area (Å²) in [6.07, 6.45) is -1.12. The second-order valence-corrected chi connectivity index (χ2v) is 12.3. The Morgan fingerprint density at radius 2 is 1.98 bits per heavy atom. The molecule has 1 amide bonds. The lowest BCUT2D eigenvalue weighted by atomic mass is 9.98. The van der Waals surface area contributed by atoms with Crippen molar-refractivity contribution in [3.63, 3.8) is 0 Å². The van der Waals surface area contributed by atoms with Crippen molar-refractivity contribution in [1.29, 1.82) is 0 Å². The number of halogens is 4. The summed E-state index contributed by atoms with van der Waals surface area (Å²) in [6.45, 7) is 1.51. The summed E-state index contributed by atoms with van der Waals surface area (Å²) in [5.41, 5.74) is 0.797. The van der Waals surface area contributed by atoms with Crippen LogP contribution in [0.1, 0.15) is 35.7 Å². The molecule has 1 saturated heterocycles. The molecule has 1 aromatic heterocycles. The lowest BCUT2D eigenvalue weighted by molar-refractivity contribution is -0.139. The number of fused-ring (bicyclic) bond motifs is 1. The maximum atomic E-state index is 14.2. The number of anilines is 1. The maximum Gasteiger partial charge on any atom is 0.406 e. The number of likely N-dealkylation sites (tertiary alicyclic amines) is 1. The average Bonchev–Trinajstić information content (AvgIpc) is 3.28. The van der Waals surface area contributed by atoms with Crippen LogP contribution in [0.3, 0.4) is 0 Å². The van der Waals surface area contributed by atoms with Gasteiger partial charge in [0.15, 0.2) is 9.84 Å². The molecule has 2 unspecified atom stereocenters. The molecule has 1 aliphatic rings. The van der Waals surface area contributed by atoms with Crippen LogP contribution in [-0.4, -0.2) is 80.5 Å². The second kappa shape index (κ2) is 12.2. The third-order valence-corrected chi connectivity index (χ3v) is 8.23. The minimum atomic E-state index is -4.51. The number of ether oxygens (including phenoxy) is 1. The molecular weight excluding hydrogens is 578 g/mol. The van der Waals surface area contributed by atoms with Crippen LogP contribution in [0.2, 0.25) is 0 Å². The molecule has 0 bridgehead atoms. The van der Waals surface area contributed by atoms with Crippen LogP contribution in [0.4, 0.5) is 23.2 Å². The monoisotopic (exact) mass is 609 g/mol. The summed E-state index contributed by atoms with van der Waals surface area (Å²) in [5, 5.41) is 5.86. The van der Waals surface area contributed by atoms with Crippen LogP contribution >= 0.6 is 0 Å². The number of methoxy groups -OCH3 is 1. The molecule has 14 heteroatoms. The number of amides is 1. The third kappa shape index (κ3) is 7.32. The van der Waals surface area contributed by atoms with Crippen LogP contribution in [0.5, 0.6) is 5.75 Å². The molecule has 2 heterocycles. The highest BCUT2D eigenvalue weighted by atomic mass is 32.2. The number of hydrogen-bond acceptors (Lipinski definition) is 7. The van der Waals surface area contributed by atoms with Gasteiger partial charge in [0.2, 0.25) is 0 Å². The predicted octanol–water partition coefficient (Wildman–Crippen LogP) is 3.83. The highest BCUT2D eigenvalue weighted by Crippen LogP contribution is 2.30. The molecule has 1 aliphatic heterocycles. The Labute approximate surface area is 241 Å². The van der Waals surface area contributed by atoms with Crippen molar-refractivity contribution in [3.05, 3.63) is 47.5 Å². The van der Waals surface area contributed by atoms with Crippen LogP contribution in [0, 0.1) is 17.7 Å². The lowest BCUT2D eigenvalue weighted by Gasteiger charge is -2.35. The van der Waals surface area contributed by atoms with Crippen molar-refractivity contribution >= 4 is 32.5 Å². The molecule has 2 atom stereocenters. The summed E-state index contributed by atoms with van der Waals surface area (Å²) >= 11 is 0. The van der Waals surface area contributed by atoms with Gasteiger partial charge in [-0.15, -0.1) is 0 Å². The third-order valence-electron chi connectivity index (χ3n) is 7.12.